The standard InChI is InChI=1S/C14H11BrF3N/c15-12-7-6-10(8-11(12)14(16,17)18)13(19)9-4-2-1-3-5-9/h1-8,13H,19H2. The highest BCUT2D eigenvalue weighted by Crippen LogP contribution is 2.36. The van der Waals surface area contributed by atoms with Gasteiger partial charge in [0.2, 0.25) is 0 Å². The molecule has 2 N–H and O–H groups in total. The highest BCUT2D eigenvalue weighted by molar-refractivity contribution is 9.10. The third-order valence-corrected chi connectivity index (χ3v) is 3.51. The molecule has 0 aromatic heterocycles. The van der Waals surface area contributed by atoms with Crippen molar-refractivity contribution >= 4 is 15.9 Å². The molecule has 0 saturated carbocycles. The van der Waals surface area contributed by atoms with Gasteiger partial charge in [-0.1, -0.05) is 52.3 Å². The van der Waals surface area contributed by atoms with Crippen LogP contribution < -0.4 is 5.73 Å². The fourth-order valence-electron chi connectivity index (χ4n) is 1.81. The van der Waals surface area contributed by atoms with Crippen LogP contribution >= 0.6 is 15.9 Å². The molecule has 5 heteroatoms. The summed E-state index contributed by atoms with van der Waals surface area (Å²) in [6.07, 6.45) is -4.40. The maximum absolute atomic E-state index is 12.8. The maximum Gasteiger partial charge on any atom is 0.417 e. The Hall–Kier alpha value is -1.33. The fourth-order valence-corrected chi connectivity index (χ4v) is 2.28. The molecular formula is C14H11BrF3N. The van der Waals surface area contributed by atoms with Crippen molar-refractivity contribution in [2.75, 3.05) is 0 Å². The molecule has 0 fully saturated rings. The number of alkyl halides is 3. The van der Waals surface area contributed by atoms with E-state index in [1.807, 2.05) is 6.07 Å². The first-order valence-corrected chi connectivity index (χ1v) is 6.36. The Bertz CT molecular complexity index is 567. The Morgan fingerprint density at radius 1 is 0.947 bits per heavy atom. The average Bonchev–Trinajstić information content (AvgIpc) is 2.38. The van der Waals surface area contributed by atoms with Gasteiger partial charge in [-0.05, 0) is 23.3 Å². The monoisotopic (exact) mass is 329 g/mol. The van der Waals surface area contributed by atoms with E-state index < -0.39 is 17.8 Å². The van der Waals surface area contributed by atoms with Gasteiger partial charge in [0.25, 0.3) is 0 Å². The first kappa shape index (κ1) is 14.1. The van der Waals surface area contributed by atoms with E-state index in [1.54, 1.807) is 30.3 Å². The molecule has 0 bridgehead atoms. The highest BCUT2D eigenvalue weighted by atomic mass is 79.9. The molecule has 19 heavy (non-hydrogen) atoms. The molecule has 0 saturated heterocycles. The van der Waals surface area contributed by atoms with Crippen LogP contribution in [0.1, 0.15) is 22.7 Å². The van der Waals surface area contributed by atoms with Crippen LogP contribution in [0, 0.1) is 0 Å². The molecule has 0 heterocycles. The van der Waals surface area contributed by atoms with Crippen LogP contribution in [0.3, 0.4) is 0 Å². The Kier molecular flexibility index (Phi) is 3.96. The quantitative estimate of drug-likeness (QED) is 0.861. The van der Waals surface area contributed by atoms with E-state index in [9.17, 15) is 13.2 Å². The van der Waals surface area contributed by atoms with Gasteiger partial charge in [-0.3, -0.25) is 0 Å². The minimum Gasteiger partial charge on any atom is -0.320 e. The lowest BCUT2D eigenvalue weighted by molar-refractivity contribution is -0.138. The molecular weight excluding hydrogens is 319 g/mol. The normalized spacial score (nSPS) is 13.3. The molecule has 1 unspecified atom stereocenters. The van der Waals surface area contributed by atoms with Gasteiger partial charge in [-0.15, -0.1) is 0 Å². The summed E-state index contributed by atoms with van der Waals surface area (Å²) in [6, 6.07) is 12.5. The van der Waals surface area contributed by atoms with Crippen LogP contribution in [-0.2, 0) is 6.18 Å². The lowest BCUT2D eigenvalue weighted by Crippen LogP contribution is -2.14. The molecule has 0 amide bonds. The van der Waals surface area contributed by atoms with Gasteiger partial charge in [0.15, 0.2) is 0 Å². The largest absolute Gasteiger partial charge is 0.417 e. The second-order valence-electron chi connectivity index (χ2n) is 4.13. The van der Waals surface area contributed by atoms with Crippen molar-refractivity contribution in [1.82, 2.24) is 0 Å². The molecule has 2 aromatic carbocycles. The zero-order valence-electron chi connectivity index (χ0n) is 9.79. The van der Waals surface area contributed by atoms with E-state index in [2.05, 4.69) is 15.9 Å². The van der Waals surface area contributed by atoms with Crippen LogP contribution in [0.5, 0.6) is 0 Å². The topological polar surface area (TPSA) is 26.0 Å². The SMILES string of the molecule is NC(c1ccccc1)c1ccc(Br)c(C(F)(F)F)c1. The fraction of sp³-hybridized carbons (Fsp3) is 0.143. The molecule has 1 atom stereocenters. The van der Waals surface area contributed by atoms with Crippen molar-refractivity contribution in [3.63, 3.8) is 0 Å². The number of hydrogen-bond acceptors (Lipinski definition) is 1. The summed E-state index contributed by atoms with van der Waals surface area (Å²) in [4.78, 5) is 0. The Labute approximate surface area is 117 Å². The molecule has 0 spiro atoms. The second kappa shape index (κ2) is 5.35. The van der Waals surface area contributed by atoms with Gasteiger partial charge in [-0.25, -0.2) is 0 Å². The molecule has 0 aliphatic rings. The summed E-state index contributed by atoms with van der Waals surface area (Å²) in [5, 5.41) is 0. The van der Waals surface area contributed by atoms with Crippen molar-refractivity contribution in [2.24, 2.45) is 5.73 Å². The summed E-state index contributed by atoms with van der Waals surface area (Å²) < 4.78 is 38.5. The summed E-state index contributed by atoms with van der Waals surface area (Å²) in [5.41, 5.74) is 6.49. The van der Waals surface area contributed by atoms with Gasteiger partial charge in [0.1, 0.15) is 0 Å². The van der Waals surface area contributed by atoms with Crippen LogP contribution in [0.15, 0.2) is 53.0 Å². The van der Waals surface area contributed by atoms with Gasteiger partial charge in [0, 0.05) is 4.47 Å². The van der Waals surface area contributed by atoms with E-state index in [4.69, 9.17) is 5.73 Å². The highest BCUT2D eigenvalue weighted by Gasteiger charge is 2.33. The summed E-state index contributed by atoms with van der Waals surface area (Å²) in [6.45, 7) is 0. The van der Waals surface area contributed by atoms with E-state index in [1.165, 1.54) is 6.07 Å². The van der Waals surface area contributed by atoms with Gasteiger partial charge < -0.3 is 5.73 Å². The summed E-state index contributed by atoms with van der Waals surface area (Å²) >= 11 is 2.91. The molecule has 1 nitrogen and oxygen atoms in total. The maximum atomic E-state index is 12.8. The molecule has 100 valence electrons. The first-order chi connectivity index (χ1) is 8.89. The Morgan fingerprint density at radius 2 is 1.58 bits per heavy atom. The van der Waals surface area contributed by atoms with Gasteiger partial charge in [0.05, 0.1) is 11.6 Å². The van der Waals surface area contributed by atoms with Crippen LogP contribution in [0.4, 0.5) is 13.2 Å². The summed E-state index contributed by atoms with van der Waals surface area (Å²) in [7, 11) is 0. The van der Waals surface area contributed by atoms with E-state index in [0.717, 1.165) is 11.6 Å². The van der Waals surface area contributed by atoms with Crippen LogP contribution in [0.2, 0.25) is 0 Å². The number of rotatable bonds is 2. The number of halogens is 4. The van der Waals surface area contributed by atoms with E-state index in [-0.39, 0.29) is 4.47 Å². The minimum absolute atomic E-state index is 0.0176. The third-order valence-electron chi connectivity index (χ3n) is 2.81. The van der Waals surface area contributed by atoms with Crippen molar-refractivity contribution in [3.05, 3.63) is 69.7 Å². The van der Waals surface area contributed by atoms with E-state index in [0.29, 0.717) is 5.56 Å². The third kappa shape index (κ3) is 3.16. The lowest BCUT2D eigenvalue weighted by atomic mass is 9.98. The average molecular weight is 330 g/mol. The predicted molar refractivity (Wildman–Crippen MR) is 71.6 cm³/mol. The Balaban J connectivity index is 2.42. The predicted octanol–water partition coefficient (Wildman–Crippen LogP) is 4.52. The lowest BCUT2D eigenvalue weighted by Gasteiger charge is -2.16. The van der Waals surface area contributed by atoms with Crippen LogP contribution in [0.25, 0.3) is 0 Å². The van der Waals surface area contributed by atoms with Gasteiger partial charge in [-0.2, -0.15) is 13.2 Å². The summed E-state index contributed by atoms with van der Waals surface area (Å²) in [5.74, 6) is 0. The minimum atomic E-state index is -4.40. The zero-order chi connectivity index (χ0) is 14.0. The van der Waals surface area contributed by atoms with Crippen molar-refractivity contribution in [1.29, 1.82) is 0 Å². The molecule has 0 aliphatic heterocycles. The zero-order valence-corrected chi connectivity index (χ0v) is 11.4. The second-order valence-corrected chi connectivity index (χ2v) is 4.98. The number of benzene rings is 2. The van der Waals surface area contributed by atoms with Crippen molar-refractivity contribution < 1.29 is 13.2 Å². The smallest absolute Gasteiger partial charge is 0.320 e. The molecule has 0 radical (unpaired) electrons. The number of nitrogens with two attached hydrogens (primary N) is 1. The Morgan fingerprint density at radius 3 is 2.16 bits per heavy atom. The molecule has 2 aromatic rings. The van der Waals surface area contributed by atoms with Gasteiger partial charge >= 0.3 is 6.18 Å². The van der Waals surface area contributed by atoms with Crippen LogP contribution in [-0.4, -0.2) is 0 Å². The van der Waals surface area contributed by atoms with Crippen molar-refractivity contribution in [2.45, 2.75) is 12.2 Å². The first-order valence-electron chi connectivity index (χ1n) is 5.57. The van der Waals surface area contributed by atoms with Crippen molar-refractivity contribution in [3.8, 4) is 0 Å². The van der Waals surface area contributed by atoms with E-state index >= 15 is 0 Å². The molecule has 2 rings (SSSR count). The number of hydrogen-bond donors (Lipinski definition) is 1. The molecule has 0 aliphatic carbocycles.